The third kappa shape index (κ3) is 29.1. The zero-order valence-corrected chi connectivity index (χ0v) is 68.2. The molecule has 0 spiro atoms. The van der Waals surface area contributed by atoms with Crippen LogP contribution in [0.5, 0.6) is 0 Å². The zero-order valence-electron chi connectivity index (χ0n) is 63.9. The fourth-order valence-corrected chi connectivity index (χ4v) is 20.9. The number of benzene rings is 4. The maximum absolute atomic E-state index is 15.0. The van der Waals surface area contributed by atoms with Crippen molar-refractivity contribution in [2.75, 3.05) is 26.2 Å². The predicted octanol–water partition coefficient (Wildman–Crippen LogP) is 3.05. The van der Waals surface area contributed by atoms with Crippen molar-refractivity contribution in [2.45, 2.75) is 220 Å². The molecule has 0 saturated carbocycles. The van der Waals surface area contributed by atoms with Crippen molar-refractivity contribution >= 4 is 108 Å². The number of rotatable bonds is 38. The van der Waals surface area contributed by atoms with E-state index in [4.69, 9.17) is 33.1 Å². The summed E-state index contributed by atoms with van der Waals surface area (Å²) in [6.07, 6.45) is -1.15. The molecule has 5 amide bonds. The molecule has 6 atom stereocenters. The van der Waals surface area contributed by atoms with Crippen molar-refractivity contribution < 1.29 is 66.9 Å². The van der Waals surface area contributed by atoms with Gasteiger partial charge in [0, 0.05) is 26.2 Å². The van der Waals surface area contributed by atoms with Gasteiger partial charge in [0.15, 0.2) is 0 Å². The van der Waals surface area contributed by atoms with Crippen LogP contribution >= 0.6 is 0 Å². The quantitative estimate of drug-likeness (QED) is 0.0133. The molecule has 0 heterocycles. The molecule has 0 fully saturated rings. The molecule has 33 nitrogen and oxygen atoms in total. The number of guanidine groups is 4. The highest BCUT2D eigenvalue weighted by molar-refractivity contribution is 7.91. The lowest BCUT2D eigenvalue weighted by Gasteiger charge is -2.51. The van der Waals surface area contributed by atoms with E-state index in [0.717, 1.165) is 22.3 Å². The summed E-state index contributed by atoms with van der Waals surface area (Å²) in [6.45, 7) is 25.0. The summed E-state index contributed by atoms with van der Waals surface area (Å²) < 4.78 is 121. The Morgan fingerprint density at radius 3 is 0.880 bits per heavy atom. The van der Waals surface area contributed by atoms with Crippen LogP contribution in [0.15, 0.2) is 137 Å². The normalized spacial score (nSPS) is 14.7. The van der Waals surface area contributed by atoms with E-state index in [1.807, 2.05) is 55.4 Å². The van der Waals surface area contributed by atoms with E-state index in [1.54, 1.807) is 76.2 Å². The van der Waals surface area contributed by atoms with E-state index in [2.05, 4.69) is 65.4 Å². The topological polar surface area (TPSA) is 536 Å². The molecular weight excluding hydrogens is 1490 g/mol. The van der Waals surface area contributed by atoms with E-state index in [9.17, 15) is 62.4 Å². The van der Waals surface area contributed by atoms with E-state index in [-0.39, 0.29) is 103 Å². The standard InChI is InChI=1S/C70H110N18O15S4Si/c1-44(2)43-108(69(9,10)11,70(12,13)14)103-64(94)58(22-18-42-79-68(75)88-107(101,102)54-37-29-48(6)30-38-54)84-60(90)50(8)80-61(91)55(19-15-39-76-65(72)85-104(95,96)51-31-23-45(3)24-32-51)82-63(93)57(21-17-41-78-67(74)87-106(99,100)53-35-27-47(5)28-36-53)83-62(92)56(81-59(89)49(7)71)20-16-40-77-66(73)86-105(97,98)52-33-25-46(4)26-34-52/h23-38,44,49-50,55-58H,15-22,39-43,71H2,1-14H3,(H,80,91)(H,81,89)(H,82,93)(H,83,92)(H,84,90)(H3,72,76,85)(H3,73,77,86)(H3,74,78,87)(H3,75,79,88)/t49-,50-,55-,56-,57-,58-/m0/s1. The maximum Gasteiger partial charge on any atom is 0.315 e. The lowest BCUT2D eigenvalue weighted by Crippen LogP contribution is -2.60. The van der Waals surface area contributed by atoms with Crippen molar-refractivity contribution in [3.8, 4) is 0 Å². The highest BCUT2D eigenvalue weighted by atomic mass is 32.2. The average molecular weight is 1600 g/mol. The summed E-state index contributed by atoms with van der Waals surface area (Å²) >= 11 is 0. The van der Waals surface area contributed by atoms with Gasteiger partial charge in [-0.05, 0) is 163 Å². The summed E-state index contributed by atoms with van der Waals surface area (Å²) in [5.74, 6) is -7.34. The second-order valence-corrected chi connectivity index (χ2v) is 40.9. The first-order chi connectivity index (χ1) is 50.1. The molecule has 4 aromatic rings. The van der Waals surface area contributed by atoms with Crippen LogP contribution in [0.2, 0.25) is 16.1 Å². The zero-order chi connectivity index (χ0) is 81.3. The monoisotopic (exact) mass is 1600 g/mol. The van der Waals surface area contributed by atoms with Gasteiger partial charge in [-0.15, -0.1) is 0 Å². The highest BCUT2D eigenvalue weighted by Gasteiger charge is 2.58. The molecule has 0 aliphatic carbocycles. The summed E-state index contributed by atoms with van der Waals surface area (Å²) in [7, 11) is -19.9. The average Bonchev–Trinajstić information content (AvgIpc) is 0.750. The van der Waals surface area contributed by atoms with Crippen LogP contribution < -0.4 is 74.1 Å². The molecule has 598 valence electrons. The number of nitrogens with one attached hydrogen (secondary N) is 9. The van der Waals surface area contributed by atoms with Gasteiger partial charge in [-0.3, -0.25) is 48.7 Å². The van der Waals surface area contributed by atoms with Gasteiger partial charge in [-0.25, -0.2) is 52.6 Å². The maximum atomic E-state index is 15.0. The van der Waals surface area contributed by atoms with Crippen molar-refractivity contribution in [1.82, 2.24) is 45.5 Å². The molecule has 4 rings (SSSR count). The van der Waals surface area contributed by atoms with Gasteiger partial charge in [0.2, 0.25) is 53.4 Å². The molecule has 0 aliphatic heterocycles. The van der Waals surface area contributed by atoms with Crippen molar-refractivity contribution in [2.24, 2.45) is 54.6 Å². The van der Waals surface area contributed by atoms with Crippen LogP contribution in [0.25, 0.3) is 0 Å². The number of aryl methyl sites for hydroxylation is 4. The molecular formula is C70H110N18O15S4Si. The molecule has 0 radical (unpaired) electrons. The number of hydrogen-bond donors (Lipinski definition) is 14. The number of carbonyl (C=O) groups is 6. The SMILES string of the molecule is Cc1ccc(S(=O)(=O)NC(N)=NCCC[C@H](NC(=O)[C@H](C)N)C(=O)N[C@@H](CCCN=C(N)NS(=O)(=O)c2ccc(C)cc2)C(=O)N[C@@H](CCCN=C(N)NS(=O)(=O)c2ccc(C)cc2)C(=O)N[C@@H](C)C(=O)N[C@@H](CCCN=C(N)NS(=O)(=O)c2ccc(C)cc2)C(=O)O[Si](CC(C)C)(C(C)(C)C)C(C)(C)C)cc1. The molecule has 0 bridgehead atoms. The minimum atomic E-state index is -4.22. The summed E-state index contributed by atoms with van der Waals surface area (Å²) in [5, 5.41) is 12.1. The van der Waals surface area contributed by atoms with Gasteiger partial charge in [0.05, 0.1) is 25.6 Å². The Balaban J connectivity index is 1.75. The number of aliphatic imine (C=N–C) groups is 4. The van der Waals surface area contributed by atoms with E-state index < -0.39 is 154 Å². The number of carbonyl (C=O) groups excluding carboxylic acids is 6. The summed E-state index contributed by atoms with van der Waals surface area (Å²) in [6, 6.07) is 15.6. The Kier molecular flexibility index (Phi) is 34.0. The molecule has 0 unspecified atom stereocenters. The smallest absolute Gasteiger partial charge is 0.315 e. The van der Waals surface area contributed by atoms with Crippen molar-refractivity contribution in [1.29, 1.82) is 0 Å². The van der Waals surface area contributed by atoms with E-state index >= 15 is 0 Å². The second kappa shape index (κ2) is 40.3. The molecule has 0 aliphatic rings. The van der Waals surface area contributed by atoms with E-state index in [0.29, 0.717) is 6.04 Å². The number of nitrogens with zero attached hydrogens (tertiary/aromatic N) is 4. The molecule has 108 heavy (non-hydrogen) atoms. The number of hydrogen-bond acceptors (Lipinski definition) is 20. The molecule has 0 saturated heterocycles. The third-order valence-electron chi connectivity index (χ3n) is 17.1. The summed E-state index contributed by atoms with van der Waals surface area (Å²) in [4.78, 5) is 103. The van der Waals surface area contributed by atoms with Gasteiger partial charge in [0.1, 0.15) is 30.2 Å². The lowest BCUT2D eigenvalue weighted by atomic mass is 10.0. The van der Waals surface area contributed by atoms with Crippen LogP contribution in [0.4, 0.5) is 0 Å². The minimum Gasteiger partial charge on any atom is -0.516 e. The van der Waals surface area contributed by atoms with Gasteiger partial charge >= 0.3 is 5.97 Å². The van der Waals surface area contributed by atoms with Crippen LogP contribution in [0.3, 0.4) is 0 Å². The molecule has 38 heteroatoms. The van der Waals surface area contributed by atoms with Gasteiger partial charge < -0.3 is 59.7 Å². The lowest BCUT2D eigenvalue weighted by molar-refractivity contribution is -0.141. The Labute approximate surface area is 636 Å². The van der Waals surface area contributed by atoms with Crippen LogP contribution in [-0.4, -0.2) is 164 Å². The highest BCUT2D eigenvalue weighted by Crippen LogP contribution is 2.55. The largest absolute Gasteiger partial charge is 0.516 e. The molecule has 19 N–H and O–H groups in total. The first kappa shape index (κ1) is 91.1. The Hall–Kier alpha value is -9.24. The third-order valence-corrected chi connectivity index (χ3v) is 29.3. The predicted molar refractivity (Wildman–Crippen MR) is 419 cm³/mol. The van der Waals surface area contributed by atoms with Gasteiger partial charge in [-0.1, -0.05) is 126 Å². The van der Waals surface area contributed by atoms with Crippen molar-refractivity contribution in [3.05, 3.63) is 119 Å². The second-order valence-electron chi connectivity index (χ2n) is 28.9. The fraction of sp³-hybridized carbons (Fsp3) is 0.514. The van der Waals surface area contributed by atoms with Crippen LogP contribution in [0, 0.1) is 33.6 Å². The van der Waals surface area contributed by atoms with Gasteiger partial charge in [-0.2, -0.15) is 0 Å². The first-order valence-corrected chi connectivity index (χ1v) is 43.2. The van der Waals surface area contributed by atoms with Gasteiger partial charge in [0.25, 0.3) is 48.4 Å². The fourth-order valence-electron chi connectivity index (χ4n) is 11.2. The summed E-state index contributed by atoms with van der Waals surface area (Å²) in [5.41, 5.74) is 33.3. The first-order valence-electron chi connectivity index (χ1n) is 35.2. The van der Waals surface area contributed by atoms with Crippen LogP contribution in [0.1, 0.15) is 143 Å². The van der Waals surface area contributed by atoms with Crippen molar-refractivity contribution in [3.63, 3.8) is 0 Å². The Bertz CT molecular complexity index is 4330. The molecule has 4 aromatic carbocycles. The molecule has 0 aromatic heterocycles. The van der Waals surface area contributed by atoms with E-state index in [1.165, 1.54) is 62.4 Å². The number of amides is 5. The number of sulfonamides is 4. The Morgan fingerprint density at radius 1 is 0.389 bits per heavy atom. The Morgan fingerprint density at radius 2 is 0.630 bits per heavy atom. The minimum absolute atomic E-state index is 0.0243. The van der Waals surface area contributed by atoms with Crippen LogP contribution in [-0.2, 0) is 73.3 Å². The number of nitrogens with two attached hydrogens (primary N) is 5.